The summed E-state index contributed by atoms with van der Waals surface area (Å²) in [6.45, 7) is 16.5. The number of piperazine rings is 1. The van der Waals surface area contributed by atoms with Gasteiger partial charge in [-0.05, 0) is 46.7 Å². The quantitative estimate of drug-likeness (QED) is 0.503. The van der Waals surface area contributed by atoms with Gasteiger partial charge in [-0.25, -0.2) is 0 Å². The number of nitrogens with one attached hydrogen (secondary N) is 2. The molecule has 0 spiro atoms. The number of guanidine groups is 1. The fourth-order valence-corrected chi connectivity index (χ4v) is 4.08. The summed E-state index contributed by atoms with van der Waals surface area (Å²) < 4.78 is 0. The summed E-state index contributed by atoms with van der Waals surface area (Å²) in [4.78, 5) is 12.5. The zero-order valence-electron chi connectivity index (χ0n) is 17.6. The number of hydrogen-bond donors (Lipinski definition) is 2. The molecular formula is C20H42N6. The fourth-order valence-electron chi connectivity index (χ4n) is 4.08. The third-order valence-electron chi connectivity index (χ3n) is 5.93. The van der Waals surface area contributed by atoms with Gasteiger partial charge in [-0.15, -0.1) is 0 Å². The molecule has 2 saturated heterocycles. The molecule has 6 nitrogen and oxygen atoms in total. The molecule has 2 aliphatic heterocycles. The van der Waals surface area contributed by atoms with Gasteiger partial charge >= 0.3 is 0 Å². The molecule has 2 atom stereocenters. The molecule has 6 heteroatoms. The van der Waals surface area contributed by atoms with E-state index in [-0.39, 0.29) is 0 Å². The van der Waals surface area contributed by atoms with Gasteiger partial charge in [0.15, 0.2) is 5.96 Å². The average Bonchev–Trinajstić information content (AvgIpc) is 2.66. The van der Waals surface area contributed by atoms with Crippen LogP contribution in [0, 0.1) is 0 Å². The van der Waals surface area contributed by atoms with Crippen molar-refractivity contribution >= 4 is 5.96 Å². The van der Waals surface area contributed by atoms with Crippen LogP contribution in [0.15, 0.2) is 4.99 Å². The molecule has 2 fully saturated rings. The Morgan fingerprint density at radius 1 is 1.08 bits per heavy atom. The number of aliphatic imine (C=N–C) groups is 1. The van der Waals surface area contributed by atoms with Gasteiger partial charge in [0.05, 0.1) is 6.54 Å². The highest BCUT2D eigenvalue weighted by Crippen LogP contribution is 2.18. The Bertz CT molecular complexity index is 405. The summed E-state index contributed by atoms with van der Waals surface area (Å²) in [5.41, 5.74) is 0. The Balaban J connectivity index is 1.75. The van der Waals surface area contributed by atoms with Gasteiger partial charge in [-0.2, -0.15) is 0 Å². The van der Waals surface area contributed by atoms with Crippen molar-refractivity contribution in [1.82, 2.24) is 25.3 Å². The predicted molar refractivity (Wildman–Crippen MR) is 112 cm³/mol. The minimum atomic E-state index is 0.505. The number of rotatable bonds is 8. The smallest absolute Gasteiger partial charge is 0.191 e. The molecule has 0 amide bonds. The Kier molecular flexibility index (Phi) is 9.72. The molecule has 152 valence electrons. The highest BCUT2D eigenvalue weighted by atomic mass is 15.3. The molecule has 0 aromatic rings. The van der Waals surface area contributed by atoms with E-state index in [1.54, 1.807) is 0 Å². The van der Waals surface area contributed by atoms with E-state index in [1.165, 1.54) is 45.3 Å². The second kappa shape index (κ2) is 11.8. The molecule has 0 bridgehead atoms. The molecule has 0 saturated carbocycles. The average molecular weight is 367 g/mol. The second-order valence-electron chi connectivity index (χ2n) is 7.93. The van der Waals surface area contributed by atoms with Gasteiger partial charge in [0, 0.05) is 57.9 Å². The first-order chi connectivity index (χ1) is 12.6. The van der Waals surface area contributed by atoms with Crippen molar-refractivity contribution in [1.29, 1.82) is 0 Å². The number of hydrogen-bond acceptors (Lipinski definition) is 4. The molecule has 0 radical (unpaired) electrons. The minimum absolute atomic E-state index is 0.505. The van der Waals surface area contributed by atoms with Gasteiger partial charge < -0.3 is 15.5 Å². The Hall–Kier alpha value is -0.850. The zero-order valence-corrected chi connectivity index (χ0v) is 17.6. The summed E-state index contributed by atoms with van der Waals surface area (Å²) in [5.74, 6) is 0.971. The molecular weight excluding hydrogens is 324 g/mol. The Morgan fingerprint density at radius 2 is 1.85 bits per heavy atom. The maximum atomic E-state index is 4.85. The van der Waals surface area contributed by atoms with E-state index >= 15 is 0 Å². The van der Waals surface area contributed by atoms with E-state index in [0.29, 0.717) is 6.04 Å². The highest BCUT2D eigenvalue weighted by molar-refractivity contribution is 5.79. The number of likely N-dealkylation sites (tertiary alicyclic amines) is 1. The lowest BCUT2D eigenvalue weighted by atomic mass is 10.0. The zero-order chi connectivity index (χ0) is 18.8. The first-order valence-corrected chi connectivity index (χ1v) is 10.8. The van der Waals surface area contributed by atoms with E-state index in [4.69, 9.17) is 4.99 Å². The van der Waals surface area contributed by atoms with Crippen molar-refractivity contribution in [3.63, 3.8) is 0 Å². The lowest BCUT2D eigenvalue weighted by Gasteiger charge is -2.36. The topological polar surface area (TPSA) is 46.1 Å². The van der Waals surface area contributed by atoms with E-state index in [0.717, 1.165) is 51.3 Å². The van der Waals surface area contributed by atoms with Gasteiger partial charge in [-0.3, -0.25) is 14.8 Å². The highest BCUT2D eigenvalue weighted by Gasteiger charge is 2.20. The first-order valence-electron chi connectivity index (χ1n) is 10.8. The molecule has 2 N–H and O–H groups in total. The van der Waals surface area contributed by atoms with Crippen LogP contribution in [0.2, 0.25) is 0 Å². The van der Waals surface area contributed by atoms with Crippen LogP contribution in [0.4, 0.5) is 0 Å². The van der Waals surface area contributed by atoms with E-state index < -0.39 is 0 Å². The van der Waals surface area contributed by atoms with Gasteiger partial charge in [0.2, 0.25) is 0 Å². The maximum Gasteiger partial charge on any atom is 0.191 e. The lowest BCUT2D eigenvalue weighted by molar-refractivity contribution is 0.122. The molecule has 0 aromatic heterocycles. The largest absolute Gasteiger partial charge is 0.357 e. The predicted octanol–water partition coefficient (Wildman–Crippen LogP) is 1.44. The van der Waals surface area contributed by atoms with Crippen LogP contribution in [0.1, 0.15) is 46.5 Å². The molecule has 2 aliphatic rings. The monoisotopic (exact) mass is 366 g/mol. The summed E-state index contributed by atoms with van der Waals surface area (Å²) in [7, 11) is 2.21. The summed E-state index contributed by atoms with van der Waals surface area (Å²) in [6.07, 6.45) is 5.40. The standard InChI is InChI=1S/C20H42N6/c1-5-19-9-7-8-11-26(19)12-10-22-20(21-6-2)23-17-18(3)25-15-13-24(4)14-16-25/h18-19H,5-17H2,1-4H3,(H2,21,22,23). The van der Waals surface area contributed by atoms with Crippen molar-refractivity contribution in [2.24, 2.45) is 4.99 Å². The lowest BCUT2D eigenvalue weighted by Crippen LogP contribution is -2.49. The first kappa shape index (κ1) is 21.5. The van der Waals surface area contributed by atoms with E-state index in [9.17, 15) is 0 Å². The summed E-state index contributed by atoms with van der Waals surface area (Å²) >= 11 is 0. The normalized spacial score (nSPS) is 25.2. The number of likely N-dealkylation sites (N-methyl/N-ethyl adjacent to an activating group) is 1. The van der Waals surface area contributed by atoms with Gasteiger partial charge in [0.25, 0.3) is 0 Å². The van der Waals surface area contributed by atoms with E-state index in [2.05, 4.69) is 53.2 Å². The molecule has 26 heavy (non-hydrogen) atoms. The van der Waals surface area contributed by atoms with Crippen LogP contribution in [0.5, 0.6) is 0 Å². The summed E-state index contributed by atoms with van der Waals surface area (Å²) in [5, 5.41) is 6.95. The number of nitrogens with zero attached hydrogens (tertiary/aromatic N) is 4. The Labute approximate surface area is 161 Å². The molecule has 2 heterocycles. The van der Waals surface area contributed by atoms with Crippen LogP contribution in [0.3, 0.4) is 0 Å². The second-order valence-corrected chi connectivity index (χ2v) is 7.93. The van der Waals surface area contributed by atoms with Gasteiger partial charge in [0.1, 0.15) is 0 Å². The SMILES string of the molecule is CCNC(=NCC(C)N1CCN(C)CC1)NCCN1CCCCC1CC. The van der Waals surface area contributed by atoms with Crippen LogP contribution in [-0.4, -0.2) is 98.7 Å². The van der Waals surface area contributed by atoms with Gasteiger partial charge in [-0.1, -0.05) is 13.3 Å². The van der Waals surface area contributed by atoms with Crippen LogP contribution in [0.25, 0.3) is 0 Å². The summed E-state index contributed by atoms with van der Waals surface area (Å²) in [6, 6.07) is 1.29. The van der Waals surface area contributed by atoms with Crippen molar-refractivity contribution in [2.75, 3.05) is 66.0 Å². The van der Waals surface area contributed by atoms with Crippen molar-refractivity contribution in [3.8, 4) is 0 Å². The minimum Gasteiger partial charge on any atom is -0.357 e. The Morgan fingerprint density at radius 3 is 2.54 bits per heavy atom. The van der Waals surface area contributed by atoms with Crippen LogP contribution < -0.4 is 10.6 Å². The molecule has 0 aliphatic carbocycles. The van der Waals surface area contributed by atoms with Crippen molar-refractivity contribution in [2.45, 2.75) is 58.5 Å². The maximum absolute atomic E-state index is 4.85. The van der Waals surface area contributed by atoms with Crippen LogP contribution >= 0.6 is 0 Å². The molecule has 2 unspecified atom stereocenters. The van der Waals surface area contributed by atoms with Crippen molar-refractivity contribution in [3.05, 3.63) is 0 Å². The fraction of sp³-hybridized carbons (Fsp3) is 0.950. The third-order valence-corrected chi connectivity index (χ3v) is 5.93. The molecule has 2 rings (SSSR count). The van der Waals surface area contributed by atoms with Crippen molar-refractivity contribution < 1.29 is 0 Å². The van der Waals surface area contributed by atoms with Crippen LogP contribution in [-0.2, 0) is 0 Å². The number of piperidine rings is 1. The van der Waals surface area contributed by atoms with E-state index in [1.807, 2.05) is 0 Å². The molecule has 0 aromatic carbocycles. The third kappa shape index (κ3) is 7.05.